The van der Waals surface area contributed by atoms with Crippen molar-refractivity contribution in [2.24, 2.45) is 10.7 Å². The lowest BCUT2D eigenvalue weighted by Crippen LogP contribution is -2.30. The first-order chi connectivity index (χ1) is 13.7. The Kier molecular flexibility index (Phi) is 9.69. The Bertz CT molecular complexity index is 794. The van der Waals surface area contributed by atoms with Gasteiger partial charge in [0.15, 0.2) is 5.96 Å². The van der Waals surface area contributed by atoms with Gasteiger partial charge in [0, 0.05) is 18.4 Å². The smallest absolute Gasteiger partial charge is 0.193 e. The van der Waals surface area contributed by atoms with Gasteiger partial charge in [-0.1, -0.05) is 30.3 Å². The number of nitrogens with two attached hydrogens (primary N) is 1. The minimum atomic E-state index is 0. The minimum Gasteiger partial charge on any atom is -0.497 e. The summed E-state index contributed by atoms with van der Waals surface area (Å²) in [5.41, 5.74) is 9.38. The molecule has 0 amide bonds. The number of hydrogen-bond acceptors (Lipinski definition) is 4. The molecule has 3 rings (SSSR count). The molecule has 1 heterocycles. The normalized spacial score (nSPS) is 15.6. The van der Waals surface area contributed by atoms with Gasteiger partial charge in [0.25, 0.3) is 0 Å². The van der Waals surface area contributed by atoms with E-state index >= 15 is 0 Å². The van der Waals surface area contributed by atoms with Gasteiger partial charge in [-0.2, -0.15) is 0 Å². The molecule has 1 atom stereocenters. The predicted molar refractivity (Wildman–Crippen MR) is 129 cm³/mol. The number of halogens is 1. The Hall–Kier alpha value is -1.84. The average molecular weight is 510 g/mol. The van der Waals surface area contributed by atoms with Crippen LogP contribution >= 0.6 is 24.0 Å². The maximum absolute atomic E-state index is 6.21. The number of nitrogens with zero attached hydrogens (tertiary/aromatic N) is 2. The molecule has 29 heavy (non-hydrogen) atoms. The first kappa shape index (κ1) is 23.4. The van der Waals surface area contributed by atoms with Crippen LogP contribution < -0.4 is 15.8 Å². The van der Waals surface area contributed by atoms with Gasteiger partial charge in [-0.05, 0) is 49.7 Å². The molecule has 1 aliphatic rings. The zero-order valence-electron chi connectivity index (χ0n) is 17.1. The van der Waals surface area contributed by atoms with Crippen molar-refractivity contribution in [3.63, 3.8) is 0 Å². The summed E-state index contributed by atoms with van der Waals surface area (Å²) in [6.07, 6.45) is 2.45. The number of rotatable bonds is 8. The van der Waals surface area contributed by atoms with Crippen molar-refractivity contribution >= 4 is 35.6 Å². The number of para-hydroxylation sites is 1. The first-order valence-corrected chi connectivity index (χ1v) is 9.73. The van der Waals surface area contributed by atoms with E-state index in [9.17, 15) is 0 Å². The molecule has 1 fully saturated rings. The highest BCUT2D eigenvalue weighted by Crippen LogP contribution is 2.28. The number of likely N-dealkylation sites (tertiary alicyclic amines) is 1. The van der Waals surface area contributed by atoms with Crippen LogP contribution in [0.4, 0.5) is 5.69 Å². The molecular weight excluding hydrogens is 479 g/mol. The topological polar surface area (TPSA) is 72.1 Å². The van der Waals surface area contributed by atoms with Crippen LogP contribution in [0.5, 0.6) is 5.75 Å². The molecule has 0 radical (unpaired) electrons. The van der Waals surface area contributed by atoms with Crippen LogP contribution in [0, 0.1) is 0 Å². The van der Waals surface area contributed by atoms with E-state index in [2.05, 4.69) is 27.3 Å². The van der Waals surface area contributed by atoms with Crippen LogP contribution in [0.25, 0.3) is 0 Å². The second-order valence-electron chi connectivity index (χ2n) is 6.98. The SMILES string of the molecule is COCc1ccccc1NC(N)=NCC(c1cccc(OC)c1)N1CCCC1.I. The number of anilines is 1. The fraction of sp³-hybridized carbons (Fsp3) is 0.409. The summed E-state index contributed by atoms with van der Waals surface area (Å²) in [4.78, 5) is 7.13. The van der Waals surface area contributed by atoms with E-state index in [1.807, 2.05) is 36.4 Å². The van der Waals surface area contributed by atoms with E-state index in [-0.39, 0.29) is 30.0 Å². The highest BCUT2D eigenvalue weighted by molar-refractivity contribution is 14.0. The van der Waals surface area contributed by atoms with Crippen molar-refractivity contribution in [1.82, 2.24) is 4.90 Å². The molecule has 7 heteroatoms. The van der Waals surface area contributed by atoms with Crippen LogP contribution in [0.15, 0.2) is 53.5 Å². The lowest BCUT2D eigenvalue weighted by atomic mass is 10.1. The third kappa shape index (κ3) is 6.58. The second-order valence-corrected chi connectivity index (χ2v) is 6.98. The summed E-state index contributed by atoms with van der Waals surface area (Å²) in [7, 11) is 3.38. The molecule has 158 valence electrons. The molecule has 0 spiro atoms. The average Bonchev–Trinajstić information content (AvgIpc) is 3.24. The molecule has 0 aliphatic carbocycles. The standard InChI is InChI=1S/C22H30N4O2.HI/c1-27-16-18-8-3-4-11-20(18)25-22(23)24-15-21(26-12-5-6-13-26)17-9-7-10-19(14-17)28-2;/h3-4,7-11,14,21H,5-6,12-13,15-16H2,1-2H3,(H3,23,24,25);1H. The molecule has 1 saturated heterocycles. The van der Waals surface area contributed by atoms with Gasteiger partial charge in [0.2, 0.25) is 0 Å². The summed E-state index contributed by atoms with van der Waals surface area (Å²) in [5.74, 6) is 1.28. The molecule has 2 aromatic carbocycles. The van der Waals surface area contributed by atoms with Gasteiger partial charge in [-0.25, -0.2) is 0 Å². The second kappa shape index (κ2) is 12.0. The summed E-state index contributed by atoms with van der Waals surface area (Å²) >= 11 is 0. The maximum Gasteiger partial charge on any atom is 0.193 e. The Morgan fingerprint density at radius 1 is 1.14 bits per heavy atom. The molecule has 1 aliphatic heterocycles. The van der Waals surface area contributed by atoms with Crippen LogP contribution in [0.1, 0.15) is 30.0 Å². The minimum absolute atomic E-state index is 0. The summed E-state index contributed by atoms with van der Waals surface area (Å²) in [6, 6.07) is 16.4. The molecular formula is C22H31IN4O2. The summed E-state index contributed by atoms with van der Waals surface area (Å²) in [5, 5.41) is 3.22. The molecule has 0 aromatic heterocycles. The zero-order chi connectivity index (χ0) is 19.8. The van der Waals surface area contributed by atoms with E-state index in [1.165, 1.54) is 18.4 Å². The van der Waals surface area contributed by atoms with Crippen molar-refractivity contribution in [1.29, 1.82) is 0 Å². The Labute approximate surface area is 190 Å². The van der Waals surface area contributed by atoms with Crippen LogP contribution in [0.2, 0.25) is 0 Å². The van der Waals surface area contributed by atoms with E-state index in [4.69, 9.17) is 15.2 Å². The van der Waals surface area contributed by atoms with Gasteiger partial charge in [-0.15, -0.1) is 24.0 Å². The van der Waals surface area contributed by atoms with E-state index in [0.717, 1.165) is 30.1 Å². The van der Waals surface area contributed by atoms with Crippen molar-refractivity contribution in [3.05, 3.63) is 59.7 Å². The third-order valence-corrected chi connectivity index (χ3v) is 5.07. The van der Waals surface area contributed by atoms with Gasteiger partial charge < -0.3 is 20.5 Å². The van der Waals surface area contributed by atoms with E-state index < -0.39 is 0 Å². The third-order valence-electron chi connectivity index (χ3n) is 5.07. The number of nitrogens with one attached hydrogen (secondary N) is 1. The highest BCUT2D eigenvalue weighted by Gasteiger charge is 2.23. The Morgan fingerprint density at radius 2 is 1.90 bits per heavy atom. The van der Waals surface area contributed by atoms with Crippen molar-refractivity contribution < 1.29 is 9.47 Å². The van der Waals surface area contributed by atoms with E-state index in [0.29, 0.717) is 19.1 Å². The monoisotopic (exact) mass is 510 g/mol. The molecule has 6 nitrogen and oxygen atoms in total. The van der Waals surface area contributed by atoms with Gasteiger partial charge >= 0.3 is 0 Å². The number of ether oxygens (including phenoxy) is 2. The molecule has 3 N–H and O–H groups in total. The lowest BCUT2D eigenvalue weighted by molar-refractivity contribution is 0.185. The quantitative estimate of drug-likeness (QED) is 0.319. The summed E-state index contributed by atoms with van der Waals surface area (Å²) < 4.78 is 10.7. The van der Waals surface area contributed by atoms with Crippen LogP contribution in [-0.4, -0.2) is 44.7 Å². The molecule has 2 aromatic rings. The van der Waals surface area contributed by atoms with Gasteiger partial charge in [-0.3, -0.25) is 9.89 Å². The predicted octanol–water partition coefficient (Wildman–Crippen LogP) is 4.02. The molecule has 0 saturated carbocycles. The zero-order valence-corrected chi connectivity index (χ0v) is 19.5. The highest BCUT2D eigenvalue weighted by atomic mass is 127. The van der Waals surface area contributed by atoms with Gasteiger partial charge in [0.05, 0.1) is 26.3 Å². The van der Waals surface area contributed by atoms with Crippen molar-refractivity contribution in [3.8, 4) is 5.75 Å². The van der Waals surface area contributed by atoms with Gasteiger partial charge in [0.1, 0.15) is 5.75 Å². The number of guanidine groups is 1. The molecule has 1 unspecified atom stereocenters. The van der Waals surface area contributed by atoms with E-state index in [1.54, 1.807) is 14.2 Å². The van der Waals surface area contributed by atoms with Crippen molar-refractivity contribution in [2.45, 2.75) is 25.5 Å². The fourth-order valence-electron chi connectivity index (χ4n) is 3.62. The summed E-state index contributed by atoms with van der Waals surface area (Å²) in [6.45, 7) is 3.29. The first-order valence-electron chi connectivity index (χ1n) is 9.73. The number of methoxy groups -OCH3 is 2. The maximum atomic E-state index is 6.21. The number of hydrogen-bond donors (Lipinski definition) is 2. The molecule has 0 bridgehead atoms. The number of aliphatic imine (C=N–C) groups is 1. The van der Waals surface area contributed by atoms with Crippen molar-refractivity contribution in [2.75, 3.05) is 39.2 Å². The fourth-order valence-corrected chi connectivity index (χ4v) is 3.62. The van der Waals surface area contributed by atoms with Crippen LogP contribution in [0.3, 0.4) is 0 Å². The number of benzene rings is 2. The Morgan fingerprint density at radius 3 is 2.62 bits per heavy atom. The largest absolute Gasteiger partial charge is 0.497 e. The lowest BCUT2D eigenvalue weighted by Gasteiger charge is -2.27. The van der Waals surface area contributed by atoms with Crippen LogP contribution in [-0.2, 0) is 11.3 Å². The Balaban J connectivity index is 0.00000300.